The average Bonchev–Trinajstić information content (AvgIpc) is 2.24. The minimum atomic E-state index is -4.30. The van der Waals surface area contributed by atoms with Gasteiger partial charge in [-0.15, -0.1) is 0 Å². The van der Waals surface area contributed by atoms with Crippen LogP contribution in [0.5, 0.6) is 0 Å². The van der Waals surface area contributed by atoms with Crippen molar-refractivity contribution in [2.75, 3.05) is 6.54 Å². The van der Waals surface area contributed by atoms with E-state index in [0.717, 1.165) is 17.7 Å². The van der Waals surface area contributed by atoms with Gasteiger partial charge in [-0.1, -0.05) is 12.1 Å². The second kappa shape index (κ2) is 5.28. The molecule has 0 aliphatic rings. The van der Waals surface area contributed by atoms with Crippen LogP contribution in [-0.4, -0.2) is 17.3 Å². The molecule has 0 aliphatic carbocycles. The lowest BCUT2D eigenvalue weighted by atomic mass is 10.0. The van der Waals surface area contributed by atoms with Crippen molar-refractivity contribution in [2.24, 2.45) is 0 Å². The van der Waals surface area contributed by atoms with E-state index in [1.807, 2.05) is 6.92 Å². The van der Waals surface area contributed by atoms with Crippen LogP contribution in [0.1, 0.15) is 37.9 Å². The van der Waals surface area contributed by atoms with Crippen molar-refractivity contribution >= 4 is 0 Å². The van der Waals surface area contributed by atoms with Gasteiger partial charge < -0.3 is 10.4 Å². The molecule has 0 aromatic heterocycles. The highest BCUT2D eigenvalue weighted by Gasteiger charge is 2.30. The molecule has 18 heavy (non-hydrogen) atoms. The van der Waals surface area contributed by atoms with Gasteiger partial charge >= 0.3 is 6.18 Å². The van der Waals surface area contributed by atoms with Crippen molar-refractivity contribution in [2.45, 2.75) is 38.6 Å². The molecule has 0 heterocycles. The highest BCUT2D eigenvalue weighted by Crippen LogP contribution is 2.29. The second-order valence-corrected chi connectivity index (χ2v) is 5.03. The fraction of sp³-hybridized carbons (Fsp3) is 0.538. The SMILES string of the molecule is CC(NCC(C)(C)O)c1ccc(C(F)(F)F)cc1. The van der Waals surface area contributed by atoms with Crippen molar-refractivity contribution in [1.29, 1.82) is 0 Å². The van der Waals surface area contributed by atoms with Crippen LogP contribution in [-0.2, 0) is 6.18 Å². The first-order chi connectivity index (χ1) is 8.09. The number of halogens is 3. The molecule has 0 fully saturated rings. The van der Waals surface area contributed by atoms with Crippen LogP contribution < -0.4 is 5.32 Å². The van der Waals surface area contributed by atoms with E-state index >= 15 is 0 Å². The predicted octanol–water partition coefficient (Wildman–Crippen LogP) is 3.13. The van der Waals surface area contributed by atoms with E-state index in [1.54, 1.807) is 13.8 Å². The number of hydrogen-bond acceptors (Lipinski definition) is 2. The van der Waals surface area contributed by atoms with Gasteiger partial charge in [0.15, 0.2) is 0 Å². The van der Waals surface area contributed by atoms with Crippen molar-refractivity contribution in [3.05, 3.63) is 35.4 Å². The van der Waals surface area contributed by atoms with Crippen molar-refractivity contribution < 1.29 is 18.3 Å². The maximum atomic E-state index is 12.4. The monoisotopic (exact) mass is 261 g/mol. The molecule has 102 valence electrons. The van der Waals surface area contributed by atoms with Crippen LogP contribution in [0.25, 0.3) is 0 Å². The normalized spacial score (nSPS) is 14.6. The summed E-state index contributed by atoms with van der Waals surface area (Å²) in [5.41, 5.74) is -0.742. The predicted molar refractivity (Wildman–Crippen MR) is 64.2 cm³/mol. The lowest BCUT2D eigenvalue weighted by Crippen LogP contribution is -2.36. The first-order valence-corrected chi connectivity index (χ1v) is 5.72. The molecule has 0 saturated carbocycles. The van der Waals surface area contributed by atoms with Crippen LogP contribution in [0.15, 0.2) is 24.3 Å². The van der Waals surface area contributed by atoms with E-state index in [9.17, 15) is 18.3 Å². The molecule has 0 spiro atoms. The quantitative estimate of drug-likeness (QED) is 0.872. The zero-order valence-electron chi connectivity index (χ0n) is 10.7. The molecule has 0 bridgehead atoms. The molecule has 0 amide bonds. The van der Waals surface area contributed by atoms with Gasteiger partial charge in [-0.3, -0.25) is 0 Å². The summed E-state index contributed by atoms with van der Waals surface area (Å²) in [6.07, 6.45) is -4.30. The molecule has 2 nitrogen and oxygen atoms in total. The number of rotatable bonds is 4. The highest BCUT2D eigenvalue weighted by atomic mass is 19.4. The van der Waals surface area contributed by atoms with E-state index < -0.39 is 17.3 Å². The van der Waals surface area contributed by atoms with Crippen LogP contribution in [0.3, 0.4) is 0 Å². The van der Waals surface area contributed by atoms with Gasteiger partial charge in [-0.05, 0) is 38.5 Å². The van der Waals surface area contributed by atoms with Gasteiger partial charge in [0.2, 0.25) is 0 Å². The Morgan fingerprint density at radius 1 is 1.17 bits per heavy atom. The third-order valence-electron chi connectivity index (χ3n) is 2.58. The van der Waals surface area contributed by atoms with Crippen molar-refractivity contribution in [3.63, 3.8) is 0 Å². The zero-order valence-corrected chi connectivity index (χ0v) is 10.7. The van der Waals surface area contributed by atoms with Gasteiger partial charge in [-0.25, -0.2) is 0 Å². The molecule has 1 rings (SSSR count). The molecule has 1 unspecified atom stereocenters. The van der Waals surface area contributed by atoms with E-state index in [4.69, 9.17) is 0 Å². The van der Waals surface area contributed by atoms with E-state index in [1.165, 1.54) is 12.1 Å². The first-order valence-electron chi connectivity index (χ1n) is 5.72. The molecule has 1 aromatic rings. The third kappa shape index (κ3) is 4.66. The fourth-order valence-corrected chi connectivity index (χ4v) is 1.48. The Hall–Kier alpha value is -1.07. The number of nitrogens with one attached hydrogen (secondary N) is 1. The summed E-state index contributed by atoms with van der Waals surface area (Å²) in [6.45, 7) is 5.54. The topological polar surface area (TPSA) is 32.3 Å². The summed E-state index contributed by atoms with van der Waals surface area (Å²) in [5.74, 6) is 0. The minimum absolute atomic E-state index is 0.112. The summed E-state index contributed by atoms with van der Waals surface area (Å²) < 4.78 is 37.1. The lowest BCUT2D eigenvalue weighted by Gasteiger charge is -2.22. The van der Waals surface area contributed by atoms with Gasteiger partial charge in [0, 0.05) is 12.6 Å². The zero-order chi connectivity index (χ0) is 14.0. The molecule has 0 radical (unpaired) electrons. The molecular weight excluding hydrogens is 243 g/mol. The Bertz CT molecular complexity index is 379. The summed E-state index contributed by atoms with van der Waals surface area (Å²) in [4.78, 5) is 0. The summed E-state index contributed by atoms with van der Waals surface area (Å²) in [6, 6.07) is 4.92. The van der Waals surface area contributed by atoms with E-state index in [0.29, 0.717) is 6.54 Å². The number of alkyl halides is 3. The number of hydrogen-bond donors (Lipinski definition) is 2. The Balaban J connectivity index is 2.68. The maximum absolute atomic E-state index is 12.4. The molecular formula is C13H18F3NO. The Morgan fingerprint density at radius 3 is 2.06 bits per heavy atom. The molecule has 5 heteroatoms. The third-order valence-corrected chi connectivity index (χ3v) is 2.58. The first kappa shape index (κ1) is 15.0. The maximum Gasteiger partial charge on any atom is 0.416 e. The van der Waals surface area contributed by atoms with E-state index in [2.05, 4.69) is 5.32 Å². The van der Waals surface area contributed by atoms with Gasteiger partial charge in [0.05, 0.1) is 11.2 Å². The van der Waals surface area contributed by atoms with Crippen molar-refractivity contribution in [3.8, 4) is 0 Å². The molecule has 0 saturated heterocycles. The standard InChI is InChI=1S/C13H18F3NO/c1-9(17-8-12(2,3)18)10-4-6-11(7-5-10)13(14,15)16/h4-7,9,17-18H,8H2,1-3H3. The van der Waals surface area contributed by atoms with Crippen molar-refractivity contribution in [1.82, 2.24) is 5.32 Å². The van der Waals surface area contributed by atoms with Crippen LogP contribution >= 0.6 is 0 Å². The second-order valence-electron chi connectivity index (χ2n) is 5.03. The highest BCUT2D eigenvalue weighted by molar-refractivity contribution is 5.26. The lowest BCUT2D eigenvalue weighted by molar-refractivity contribution is -0.137. The number of benzene rings is 1. The fourth-order valence-electron chi connectivity index (χ4n) is 1.48. The Labute approximate surface area is 105 Å². The summed E-state index contributed by atoms with van der Waals surface area (Å²) in [5, 5.41) is 12.6. The smallest absolute Gasteiger partial charge is 0.389 e. The Kier molecular flexibility index (Phi) is 4.40. The molecule has 2 N–H and O–H groups in total. The molecule has 0 aliphatic heterocycles. The molecule has 1 aromatic carbocycles. The van der Waals surface area contributed by atoms with E-state index in [-0.39, 0.29) is 6.04 Å². The van der Waals surface area contributed by atoms with Crippen LogP contribution in [0.4, 0.5) is 13.2 Å². The van der Waals surface area contributed by atoms with Gasteiger partial charge in [0.1, 0.15) is 0 Å². The van der Waals surface area contributed by atoms with Crippen LogP contribution in [0.2, 0.25) is 0 Å². The molecule has 1 atom stereocenters. The minimum Gasteiger partial charge on any atom is -0.389 e. The van der Waals surface area contributed by atoms with Crippen LogP contribution in [0, 0.1) is 0 Å². The average molecular weight is 261 g/mol. The van der Waals surface area contributed by atoms with Gasteiger partial charge in [-0.2, -0.15) is 13.2 Å². The van der Waals surface area contributed by atoms with Gasteiger partial charge in [0.25, 0.3) is 0 Å². The largest absolute Gasteiger partial charge is 0.416 e. The number of aliphatic hydroxyl groups is 1. The Morgan fingerprint density at radius 2 is 1.67 bits per heavy atom. The summed E-state index contributed by atoms with van der Waals surface area (Å²) in [7, 11) is 0. The summed E-state index contributed by atoms with van der Waals surface area (Å²) >= 11 is 0.